The first-order valence-corrected chi connectivity index (χ1v) is 3.51. The molecule has 0 amide bonds. The van der Waals surface area contributed by atoms with Gasteiger partial charge in [-0.05, 0) is 0 Å². The van der Waals surface area contributed by atoms with Crippen molar-refractivity contribution in [1.29, 1.82) is 0 Å². The van der Waals surface area contributed by atoms with Crippen LogP contribution in [0.25, 0.3) is 0 Å². The molecule has 2 N–H and O–H groups in total. The van der Waals surface area contributed by atoms with E-state index in [0.29, 0.717) is 0 Å². The van der Waals surface area contributed by atoms with Crippen LogP contribution in [0, 0.1) is 11.6 Å². The summed E-state index contributed by atoms with van der Waals surface area (Å²) in [5, 5.41) is 0. The molecule has 0 saturated heterocycles. The Morgan fingerprint density at radius 1 is 1.31 bits per heavy atom. The summed E-state index contributed by atoms with van der Waals surface area (Å²) in [4.78, 5) is 0. The number of methoxy groups -OCH3 is 1. The minimum atomic E-state index is -0.838. The molecule has 1 aromatic carbocycles. The van der Waals surface area contributed by atoms with Gasteiger partial charge in [0.25, 0.3) is 0 Å². The van der Waals surface area contributed by atoms with Crippen molar-refractivity contribution in [3.63, 3.8) is 0 Å². The van der Waals surface area contributed by atoms with E-state index in [1.807, 2.05) is 0 Å². The summed E-state index contributed by atoms with van der Waals surface area (Å²) in [5.74, 6) is -2.15. The number of hydrogen-bond donors (Lipinski definition) is 1. The van der Waals surface area contributed by atoms with E-state index < -0.39 is 17.4 Å². The third-order valence-corrected chi connectivity index (χ3v) is 1.34. The predicted octanol–water partition coefficient (Wildman–Crippen LogP) is 1.53. The molecular weight excluding hydrogens is 180 g/mol. The van der Waals surface area contributed by atoms with Crippen LogP contribution in [-0.2, 0) is 4.74 Å². The zero-order chi connectivity index (χ0) is 9.84. The maximum absolute atomic E-state index is 12.9. The normalized spacial score (nSPS) is 10.1. The van der Waals surface area contributed by atoms with Crippen molar-refractivity contribution in [3.8, 4) is 5.75 Å². The van der Waals surface area contributed by atoms with E-state index >= 15 is 0 Å². The fourth-order valence-corrected chi connectivity index (χ4v) is 0.835. The van der Waals surface area contributed by atoms with E-state index in [1.54, 1.807) is 0 Å². The predicted molar refractivity (Wildman–Crippen MR) is 43.3 cm³/mol. The zero-order valence-electron chi connectivity index (χ0n) is 7.01. The summed E-state index contributed by atoms with van der Waals surface area (Å²) in [6, 6.07) is 1.96. The molecule has 0 bridgehead atoms. The van der Waals surface area contributed by atoms with Crippen LogP contribution >= 0.6 is 0 Å². The van der Waals surface area contributed by atoms with Crippen LogP contribution in [0.1, 0.15) is 0 Å². The van der Waals surface area contributed by atoms with Gasteiger partial charge < -0.3 is 15.2 Å². The SMILES string of the molecule is COCOc1c(F)cc(N)cc1F. The summed E-state index contributed by atoms with van der Waals surface area (Å²) in [5.41, 5.74) is 5.20. The van der Waals surface area contributed by atoms with Crippen molar-refractivity contribution in [3.05, 3.63) is 23.8 Å². The average Bonchev–Trinajstić information content (AvgIpc) is 2.02. The molecule has 0 spiro atoms. The number of nitrogens with two attached hydrogens (primary N) is 1. The highest BCUT2D eigenvalue weighted by atomic mass is 19.1. The minimum absolute atomic E-state index is 0.0137. The standard InChI is InChI=1S/C8H9F2NO2/c1-12-4-13-8-6(9)2-5(11)3-7(8)10/h2-3H,4,11H2,1H3. The van der Waals surface area contributed by atoms with Gasteiger partial charge in [0.15, 0.2) is 24.2 Å². The number of halogens is 2. The Balaban J connectivity index is 2.92. The highest BCUT2D eigenvalue weighted by Gasteiger charge is 2.10. The second-order valence-electron chi connectivity index (χ2n) is 2.36. The molecule has 0 radical (unpaired) electrons. The van der Waals surface area contributed by atoms with Gasteiger partial charge in [-0.3, -0.25) is 0 Å². The van der Waals surface area contributed by atoms with Gasteiger partial charge in [-0.1, -0.05) is 0 Å². The molecule has 0 fully saturated rings. The molecule has 72 valence electrons. The topological polar surface area (TPSA) is 44.5 Å². The van der Waals surface area contributed by atoms with Crippen molar-refractivity contribution in [1.82, 2.24) is 0 Å². The Kier molecular flexibility index (Phi) is 3.02. The van der Waals surface area contributed by atoms with Crippen LogP contribution in [-0.4, -0.2) is 13.9 Å². The minimum Gasteiger partial charge on any atom is -0.461 e. The molecule has 5 heteroatoms. The number of rotatable bonds is 3. The molecule has 13 heavy (non-hydrogen) atoms. The Morgan fingerprint density at radius 3 is 2.31 bits per heavy atom. The van der Waals surface area contributed by atoms with Crippen LogP contribution < -0.4 is 10.5 Å². The number of nitrogen functional groups attached to an aromatic ring is 1. The van der Waals surface area contributed by atoms with Gasteiger partial charge >= 0.3 is 0 Å². The third-order valence-electron chi connectivity index (χ3n) is 1.34. The van der Waals surface area contributed by atoms with Gasteiger partial charge in [0.05, 0.1) is 0 Å². The Hall–Kier alpha value is -1.36. The van der Waals surface area contributed by atoms with E-state index in [-0.39, 0.29) is 12.5 Å². The lowest BCUT2D eigenvalue weighted by Crippen LogP contribution is -2.03. The smallest absolute Gasteiger partial charge is 0.193 e. The number of benzene rings is 1. The lowest BCUT2D eigenvalue weighted by atomic mass is 10.3. The van der Waals surface area contributed by atoms with Crippen molar-refractivity contribution < 1.29 is 18.3 Å². The first kappa shape index (κ1) is 9.73. The summed E-state index contributed by atoms with van der Waals surface area (Å²) in [7, 11) is 1.35. The summed E-state index contributed by atoms with van der Waals surface area (Å²) < 4.78 is 35.0. The van der Waals surface area contributed by atoms with Crippen LogP contribution in [0.3, 0.4) is 0 Å². The Morgan fingerprint density at radius 2 is 1.85 bits per heavy atom. The van der Waals surface area contributed by atoms with E-state index in [9.17, 15) is 8.78 Å². The molecule has 0 aliphatic carbocycles. The highest BCUT2D eigenvalue weighted by Crippen LogP contribution is 2.23. The molecule has 3 nitrogen and oxygen atoms in total. The molecule has 0 aliphatic rings. The van der Waals surface area contributed by atoms with Crippen molar-refractivity contribution in [2.45, 2.75) is 0 Å². The van der Waals surface area contributed by atoms with Crippen LogP contribution in [0.5, 0.6) is 5.75 Å². The van der Waals surface area contributed by atoms with E-state index in [0.717, 1.165) is 12.1 Å². The molecule has 1 rings (SSSR count). The first-order valence-electron chi connectivity index (χ1n) is 3.51. The lowest BCUT2D eigenvalue weighted by Gasteiger charge is -2.07. The number of ether oxygens (including phenoxy) is 2. The quantitative estimate of drug-likeness (QED) is 0.579. The van der Waals surface area contributed by atoms with Crippen molar-refractivity contribution in [2.75, 3.05) is 19.6 Å². The third kappa shape index (κ3) is 2.29. The van der Waals surface area contributed by atoms with Gasteiger partial charge in [0.2, 0.25) is 0 Å². The van der Waals surface area contributed by atoms with E-state index in [4.69, 9.17) is 5.73 Å². The van der Waals surface area contributed by atoms with Gasteiger partial charge in [-0.15, -0.1) is 0 Å². The van der Waals surface area contributed by atoms with Crippen LogP contribution in [0.2, 0.25) is 0 Å². The molecule has 0 aliphatic heterocycles. The maximum atomic E-state index is 12.9. The molecule has 1 aromatic rings. The maximum Gasteiger partial charge on any atom is 0.193 e. The summed E-state index contributed by atoms with van der Waals surface area (Å²) in [6.45, 7) is -0.211. The fourth-order valence-electron chi connectivity index (χ4n) is 0.835. The monoisotopic (exact) mass is 189 g/mol. The number of anilines is 1. The summed E-state index contributed by atoms with van der Waals surface area (Å²) in [6.07, 6.45) is 0. The van der Waals surface area contributed by atoms with Crippen LogP contribution in [0.4, 0.5) is 14.5 Å². The molecule has 0 heterocycles. The largest absolute Gasteiger partial charge is 0.461 e. The molecule has 0 atom stereocenters. The molecule has 0 aromatic heterocycles. The second-order valence-corrected chi connectivity index (χ2v) is 2.36. The molecule has 0 saturated carbocycles. The van der Waals surface area contributed by atoms with Crippen molar-refractivity contribution in [2.24, 2.45) is 0 Å². The van der Waals surface area contributed by atoms with Gasteiger partial charge in [0.1, 0.15) is 0 Å². The lowest BCUT2D eigenvalue weighted by molar-refractivity contribution is 0.0453. The van der Waals surface area contributed by atoms with E-state index in [1.165, 1.54) is 7.11 Å². The zero-order valence-corrected chi connectivity index (χ0v) is 7.01. The van der Waals surface area contributed by atoms with Gasteiger partial charge in [0, 0.05) is 24.9 Å². The number of hydrogen-bond acceptors (Lipinski definition) is 3. The Labute approximate surface area is 74.1 Å². The van der Waals surface area contributed by atoms with Crippen molar-refractivity contribution >= 4 is 5.69 Å². The second kappa shape index (κ2) is 4.04. The van der Waals surface area contributed by atoms with E-state index in [2.05, 4.69) is 9.47 Å². The average molecular weight is 189 g/mol. The highest BCUT2D eigenvalue weighted by molar-refractivity contribution is 5.43. The Bertz CT molecular complexity index is 281. The van der Waals surface area contributed by atoms with Gasteiger partial charge in [-0.25, -0.2) is 8.78 Å². The summed E-state index contributed by atoms with van der Waals surface area (Å²) >= 11 is 0. The molecule has 0 unspecified atom stereocenters. The first-order chi connectivity index (χ1) is 6.15. The van der Waals surface area contributed by atoms with Crippen LogP contribution in [0.15, 0.2) is 12.1 Å². The fraction of sp³-hybridized carbons (Fsp3) is 0.250. The molecular formula is C8H9F2NO2. The van der Waals surface area contributed by atoms with Gasteiger partial charge in [-0.2, -0.15) is 0 Å².